The molecule has 4 rings (SSSR count). The highest BCUT2D eigenvalue weighted by Gasteiger charge is 2.50. The molecule has 4 N–H and O–H groups in total. The molecule has 3 aromatic rings. The van der Waals surface area contributed by atoms with Crippen LogP contribution in [0.1, 0.15) is 56.7 Å². The Morgan fingerprint density at radius 3 is 2.02 bits per heavy atom. The highest BCUT2D eigenvalue weighted by Crippen LogP contribution is 2.33. The molecule has 3 aromatic carbocycles. The molecule has 0 bridgehead atoms. The normalized spacial score (nSPS) is 15.2. The van der Waals surface area contributed by atoms with E-state index in [1.807, 2.05) is 60.7 Å². The van der Waals surface area contributed by atoms with Crippen LogP contribution in [0.25, 0.3) is 0 Å². The number of benzene rings is 3. The summed E-state index contributed by atoms with van der Waals surface area (Å²) in [5.74, 6) is -2.31. The number of nitrogens with one attached hydrogen (secondary N) is 2. The summed E-state index contributed by atoms with van der Waals surface area (Å²) < 4.78 is 19.3. The zero-order valence-electron chi connectivity index (χ0n) is 27.2. The number of hydrogen-bond acceptors (Lipinski definition) is 6. The lowest BCUT2D eigenvalue weighted by Crippen LogP contribution is -2.67. The molecule has 4 amide bonds. The Morgan fingerprint density at radius 1 is 0.894 bits per heavy atom. The van der Waals surface area contributed by atoms with Crippen molar-refractivity contribution in [3.63, 3.8) is 0 Å². The second kappa shape index (κ2) is 15.7. The van der Waals surface area contributed by atoms with E-state index < -0.39 is 47.3 Å². The van der Waals surface area contributed by atoms with Gasteiger partial charge in [0.05, 0.1) is 6.42 Å². The number of primary amides is 1. The zero-order valence-corrected chi connectivity index (χ0v) is 27.2. The van der Waals surface area contributed by atoms with Crippen molar-refractivity contribution in [1.82, 2.24) is 20.4 Å². The Bertz CT molecular complexity index is 1500. The summed E-state index contributed by atoms with van der Waals surface area (Å²) in [6.45, 7) is 6.81. The largest absolute Gasteiger partial charge is 0.444 e. The quantitative estimate of drug-likeness (QED) is 0.269. The number of piperidine rings is 1. The van der Waals surface area contributed by atoms with Gasteiger partial charge in [-0.3, -0.25) is 19.3 Å². The zero-order chi connectivity index (χ0) is 34.0. The number of amides is 4. The Morgan fingerprint density at radius 2 is 1.47 bits per heavy atom. The third-order valence-corrected chi connectivity index (χ3v) is 8.08. The molecule has 0 unspecified atom stereocenters. The second-order valence-electron chi connectivity index (χ2n) is 12.9. The van der Waals surface area contributed by atoms with Crippen LogP contribution in [0.15, 0.2) is 84.9 Å². The van der Waals surface area contributed by atoms with Gasteiger partial charge in [0, 0.05) is 32.7 Å². The number of halogens is 1. The van der Waals surface area contributed by atoms with Crippen molar-refractivity contribution in [3.8, 4) is 0 Å². The number of hydrogen-bond donors (Lipinski definition) is 3. The molecule has 1 fully saturated rings. The van der Waals surface area contributed by atoms with Gasteiger partial charge in [-0.1, -0.05) is 72.8 Å². The fourth-order valence-corrected chi connectivity index (χ4v) is 5.74. The van der Waals surface area contributed by atoms with Gasteiger partial charge in [0.25, 0.3) is 0 Å². The smallest absolute Gasteiger partial charge is 0.408 e. The van der Waals surface area contributed by atoms with Crippen LogP contribution in [0.2, 0.25) is 0 Å². The molecular formula is C36H44FN5O5. The van der Waals surface area contributed by atoms with E-state index in [4.69, 9.17) is 10.5 Å². The molecule has 0 aromatic heterocycles. The molecule has 0 saturated carbocycles. The minimum Gasteiger partial charge on any atom is -0.444 e. The third kappa shape index (κ3) is 10.1. The van der Waals surface area contributed by atoms with Gasteiger partial charge in [0.1, 0.15) is 23.0 Å². The van der Waals surface area contributed by atoms with Crippen LogP contribution in [0.3, 0.4) is 0 Å². The summed E-state index contributed by atoms with van der Waals surface area (Å²) in [6, 6.07) is 23.6. The maximum absolute atomic E-state index is 14.6. The number of likely N-dealkylation sites (tertiary alicyclic amines) is 1. The van der Waals surface area contributed by atoms with Crippen LogP contribution in [0, 0.1) is 5.82 Å². The number of carbonyl (C=O) groups excluding carboxylic acids is 4. The van der Waals surface area contributed by atoms with Crippen molar-refractivity contribution in [1.29, 1.82) is 0 Å². The van der Waals surface area contributed by atoms with Gasteiger partial charge >= 0.3 is 6.09 Å². The Kier molecular flexibility index (Phi) is 11.7. The summed E-state index contributed by atoms with van der Waals surface area (Å²) in [4.78, 5) is 57.7. The van der Waals surface area contributed by atoms with Gasteiger partial charge in [-0.25, -0.2) is 9.18 Å². The highest BCUT2D eigenvalue weighted by molar-refractivity contribution is 5.96. The lowest BCUT2D eigenvalue weighted by atomic mass is 9.83. The van der Waals surface area contributed by atoms with Crippen molar-refractivity contribution in [3.05, 3.63) is 107 Å². The van der Waals surface area contributed by atoms with Gasteiger partial charge in [0.15, 0.2) is 0 Å². The Labute approximate surface area is 275 Å². The number of alkyl carbamates (subject to hydrolysis) is 1. The van der Waals surface area contributed by atoms with Crippen LogP contribution in [0.5, 0.6) is 0 Å². The summed E-state index contributed by atoms with van der Waals surface area (Å²) in [6.07, 6.45) is -0.884. The van der Waals surface area contributed by atoms with Gasteiger partial charge in [0.2, 0.25) is 17.7 Å². The van der Waals surface area contributed by atoms with Gasteiger partial charge in [-0.15, -0.1) is 0 Å². The van der Waals surface area contributed by atoms with Gasteiger partial charge in [-0.2, -0.15) is 0 Å². The molecule has 0 aliphatic carbocycles. The van der Waals surface area contributed by atoms with Crippen molar-refractivity contribution in [2.75, 3.05) is 13.1 Å². The number of carbonyl (C=O) groups is 4. The first-order chi connectivity index (χ1) is 22.3. The molecule has 0 radical (unpaired) electrons. The first-order valence-corrected chi connectivity index (χ1v) is 15.8. The second-order valence-corrected chi connectivity index (χ2v) is 12.9. The predicted octanol–water partition coefficient (Wildman–Crippen LogP) is 4.27. The van der Waals surface area contributed by atoms with E-state index in [1.54, 1.807) is 32.9 Å². The maximum Gasteiger partial charge on any atom is 0.408 e. The third-order valence-electron chi connectivity index (χ3n) is 8.08. The van der Waals surface area contributed by atoms with Crippen LogP contribution >= 0.6 is 0 Å². The molecule has 1 heterocycles. The summed E-state index contributed by atoms with van der Waals surface area (Å²) in [5.41, 5.74) is 5.87. The van der Waals surface area contributed by atoms with Crippen LogP contribution < -0.4 is 16.4 Å². The van der Waals surface area contributed by atoms with Crippen molar-refractivity contribution in [2.45, 2.75) is 76.8 Å². The SMILES string of the molecule is CC(C)(C)OC(=O)N[C@@H](CC(N)=O)C(=O)N(Cc1ccc(F)cc1)C1(C(=O)NCc2ccccc2)CCN(Cc2ccccc2)CC1. The molecule has 250 valence electrons. The van der Waals surface area contributed by atoms with Crippen LogP contribution in [-0.2, 0) is 38.8 Å². The van der Waals surface area contributed by atoms with Crippen LogP contribution in [-0.4, -0.2) is 63.9 Å². The van der Waals surface area contributed by atoms with Gasteiger partial charge in [-0.05, 0) is 62.4 Å². The molecule has 0 spiro atoms. The van der Waals surface area contributed by atoms with E-state index >= 15 is 0 Å². The van der Waals surface area contributed by atoms with Crippen molar-refractivity contribution < 1.29 is 28.3 Å². The highest BCUT2D eigenvalue weighted by atomic mass is 19.1. The molecule has 10 nitrogen and oxygen atoms in total. The lowest BCUT2D eigenvalue weighted by Gasteiger charge is -2.48. The Hall–Kier alpha value is -4.77. The van der Waals surface area contributed by atoms with Gasteiger partial charge < -0.3 is 26.0 Å². The fourth-order valence-electron chi connectivity index (χ4n) is 5.74. The lowest BCUT2D eigenvalue weighted by molar-refractivity contribution is -0.154. The summed E-state index contributed by atoms with van der Waals surface area (Å²) in [7, 11) is 0. The predicted molar refractivity (Wildman–Crippen MR) is 176 cm³/mol. The number of rotatable bonds is 12. The topological polar surface area (TPSA) is 134 Å². The number of nitrogens with two attached hydrogens (primary N) is 1. The van der Waals surface area contributed by atoms with E-state index in [0.717, 1.165) is 11.1 Å². The Balaban J connectivity index is 1.72. The minimum absolute atomic E-state index is 0.0815. The molecule has 1 saturated heterocycles. The van der Waals surface area contributed by atoms with E-state index in [1.165, 1.54) is 17.0 Å². The van der Waals surface area contributed by atoms with Crippen molar-refractivity contribution >= 4 is 23.8 Å². The van der Waals surface area contributed by atoms with Crippen molar-refractivity contribution in [2.24, 2.45) is 5.73 Å². The summed E-state index contributed by atoms with van der Waals surface area (Å²) >= 11 is 0. The average molecular weight is 646 g/mol. The van der Waals surface area contributed by atoms with E-state index in [-0.39, 0.29) is 31.8 Å². The van der Waals surface area contributed by atoms with E-state index in [2.05, 4.69) is 15.5 Å². The molecule has 11 heteroatoms. The molecule has 1 aliphatic rings. The maximum atomic E-state index is 14.6. The fraction of sp³-hybridized carbons (Fsp3) is 0.389. The monoisotopic (exact) mass is 645 g/mol. The van der Waals surface area contributed by atoms with E-state index in [0.29, 0.717) is 25.2 Å². The minimum atomic E-state index is -1.41. The molecule has 1 aliphatic heterocycles. The molecular weight excluding hydrogens is 601 g/mol. The first kappa shape index (κ1) is 35.1. The average Bonchev–Trinajstić information content (AvgIpc) is 3.03. The van der Waals surface area contributed by atoms with Crippen LogP contribution in [0.4, 0.5) is 9.18 Å². The molecule has 47 heavy (non-hydrogen) atoms. The summed E-state index contributed by atoms with van der Waals surface area (Å²) in [5, 5.41) is 5.56. The molecule has 1 atom stereocenters. The van der Waals surface area contributed by atoms with E-state index in [9.17, 15) is 23.6 Å². The number of nitrogens with zero attached hydrogens (tertiary/aromatic N) is 2. The standard InChI is InChI=1S/C36H44FN5O5/c1-35(2,3)47-34(46)40-30(22-31(38)43)32(44)42(25-28-14-16-29(37)17-15-28)36(33(45)39-23-26-10-6-4-7-11-26)18-20-41(21-19-36)24-27-12-8-5-9-13-27/h4-17,30H,18-25H2,1-3H3,(H2,38,43)(H,39,45)(H,40,46)/t30-/m0/s1. The number of ether oxygens (including phenoxy) is 1. The first-order valence-electron chi connectivity index (χ1n) is 15.8.